The molecule has 0 unspecified atom stereocenters. The molecule has 0 saturated carbocycles. The van der Waals surface area contributed by atoms with E-state index in [1.807, 2.05) is 24.1 Å². The van der Waals surface area contributed by atoms with E-state index >= 15 is 0 Å². The number of benzene rings is 1. The third kappa shape index (κ3) is 2.24. The van der Waals surface area contributed by atoms with Crippen molar-refractivity contribution in [2.24, 2.45) is 13.0 Å². The van der Waals surface area contributed by atoms with Crippen molar-refractivity contribution in [3.8, 4) is 11.1 Å². The van der Waals surface area contributed by atoms with E-state index in [2.05, 4.69) is 35.2 Å². The molecule has 4 heteroatoms. The van der Waals surface area contributed by atoms with Gasteiger partial charge in [-0.3, -0.25) is 4.68 Å². The Morgan fingerprint density at radius 3 is 2.84 bits per heavy atom. The van der Waals surface area contributed by atoms with Gasteiger partial charge in [-0.25, -0.2) is 0 Å². The van der Waals surface area contributed by atoms with Crippen molar-refractivity contribution in [2.45, 2.75) is 6.42 Å². The van der Waals surface area contributed by atoms with Crippen molar-refractivity contribution in [3.05, 3.63) is 36.2 Å². The molecule has 1 atom stereocenters. The molecule has 0 radical (unpaired) electrons. The largest absolute Gasteiger partial charge is 0.396 e. The number of aryl methyl sites for hydroxylation is 1. The molecule has 3 rings (SSSR count). The molecule has 0 fully saturated rings. The van der Waals surface area contributed by atoms with Gasteiger partial charge in [0.25, 0.3) is 0 Å². The standard InChI is InChI=1S/C15H19N3O/c1-17-8-11(10-19)5-13-6-12(3-4-15(13)17)14-7-16-18(2)9-14/h3-4,6-7,9,11,19H,5,8,10H2,1-2H3/t11-/m0/s1. The number of aromatic nitrogens is 2. The lowest BCUT2D eigenvalue weighted by atomic mass is 9.91. The first-order valence-electron chi connectivity index (χ1n) is 6.61. The molecule has 1 aromatic heterocycles. The summed E-state index contributed by atoms with van der Waals surface area (Å²) in [7, 11) is 4.02. The Hall–Kier alpha value is -1.81. The average molecular weight is 257 g/mol. The smallest absolute Gasteiger partial charge is 0.0568 e. The molecule has 1 aliphatic rings. The second-order valence-electron chi connectivity index (χ2n) is 5.38. The lowest BCUT2D eigenvalue weighted by Gasteiger charge is -2.32. The summed E-state index contributed by atoms with van der Waals surface area (Å²) in [5.41, 5.74) is 4.92. The van der Waals surface area contributed by atoms with E-state index in [1.54, 1.807) is 0 Å². The fourth-order valence-corrected chi connectivity index (χ4v) is 2.85. The normalized spacial score (nSPS) is 18.5. The van der Waals surface area contributed by atoms with E-state index in [0.717, 1.165) is 18.5 Å². The van der Waals surface area contributed by atoms with Crippen molar-refractivity contribution in [3.63, 3.8) is 0 Å². The monoisotopic (exact) mass is 257 g/mol. The van der Waals surface area contributed by atoms with Crippen molar-refractivity contribution in [2.75, 3.05) is 25.1 Å². The molecule has 100 valence electrons. The van der Waals surface area contributed by atoms with E-state index < -0.39 is 0 Å². The SMILES string of the molecule is CN1C[C@@H](CO)Cc2cc(-c3cnn(C)c3)ccc21. The highest BCUT2D eigenvalue weighted by Crippen LogP contribution is 2.32. The Bertz CT molecular complexity index is 591. The molecule has 0 saturated heterocycles. The Kier molecular flexibility index (Phi) is 3.03. The number of hydrogen-bond acceptors (Lipinski definition) is 3. The topological polar surface area (TPSA) is 41.3 Å². The van der Waals surface area contributed by atoms with Crippen molar-refractivity contribution >= 4 is 5.69 Å². The molecular weight excluding hydrogens is 238 g/mol. The van der Waals surface area contributed by atoms with Gasteiger partial charge < -0.3 is 10.0 Å². The fraction of sp³-hybridized carbons (Fsp3) is 0.400. The minimum Gasteiger partial charge on any atom is -0.396 e. The van der Waals surface area contributed by atoms with Gasteiger partial charge in [-0.1, -0.05) is 6.07 Å². The molecule has 0 spiro atoms. The van der Waals surface area contributed by atoms with Gasteiger partial charge in [-0.05, 0) is 29.7 Å². The van der Waals surface area contributed by atoms with Gasteiger partial charge in [-0.15, -0.1) is 0 Å². The van der Waals surface area contributed by atoms with E-state index in [1.165, 1.54) is 16.8 Å². The quantitative estimate of drug-likeness (QED) is 0.890. The predicted octanol–water partition coefficient (Wildman–Crippen LogP) is 1.69. The number of hydrogen-bond donors (Lipinski definition) is 1. The zero-order valence-corrected chi connectivity index (χ0v) is 11.4. The summed E-state index contributed by atoms with van der Waals surface area (Å²) in [5, 5.41) is 13.6. The Morgan fingerprint density at radius 2 is 2.16 bits per heavy atom. The highest BCUT2D eigenvalue weighted by Gasteiger charge is 2.22. The van der Waals surface area contributed by atoms with Crippen LogP contribution in [-0.4, -0.2) is 35.1 Å². The number of rotatable bonds is 2. The maximum Gasteiger partial charge on any atom is 0.0568 e. The van der Waals surface area contributed by atoms with Crippen LogP contribution in [0.2, 0.25) is 0 Å². The van der Waals surface area contributed by atoms with Gasteiger partial charge >= 0.3 is 0 Å². The summed E-state index contributed by atoms with van der Waals surface area (Å²) >= 11 is 0. The zero-order valence-electron chi connectivity index (χ0n) is 11.4. The van der Waals surface area contributed by atoms with Crippen LogP contribution in [0.5, 0.6) is 0 Å². The minimum atomic E-state index is 0.251. The van der Waals surface area contributed by atoms with Gasteiger partial charge in [0, 0.05) is 50.6 Å². The molecule has 1 aliphatic heterocycles. The number of aliphatic hydroxyl groups is 1. The van der Waals surface area contributed by atoms with E-state index in [9.17, 15) is 5.11 Å². The highest BCUT2D eigenvalue weighted by atomic mass is 16.3. The Labute approximate surface area is 113 Å². The summed E-state index contributed by atoms with van der Waals surface area (Å²) in [6.07, 6.45) is 4.86. The molecule has 2 heterocycles. The minimum absolute atomic E-state index is 0.251. The third-order valence-electron chi connectivity index (χ3n) is 3.83. The van der Waals surface area contributed by atoms with Crippen LogP contribution < -0.4 is 4.90 Å². The van der Waals surface area contributed by atoms with Crippen LogP contribution in [0.3, 0.4) is 0 Å². The molecule has 19 heavy (non-hydrogen) atoms. The van der Waals surface area contributed by atoms with Crippen LogP contribution in [0, 0.1) is 5.92 Å². The molecule has 1 aromatic carbocycles. The second-order valence-corrected chi connectivity index (χ2v) is 5.38. The lowest BCUT2D eigenvalue weighted by Crippen LogP contribution is -2.33. The number of aliphatic hydroxyl groups excluding tert-OH is 1. The van der Waals surface area contributed by atoms with Gasteiger partial charge in [0.05, 0.1) is 6.20 Å². The molecule has 4 nitrogen and oxygen atoms in total. The highest BCUT2D eigenvalue weighted by molar-refractivity contribution is 5.68. The van der Waals surface area contributed by atoms with Gasteiger partial charge in [0.1, 0.15) is 0 Å². The van der Waals surface area contributed by atoms with E-state index in [-0.39, 0.29) is 6.61 Å². The van der Waals surface area contributed by atoms with Gasteiger partial charge in [0.15, 0.2) is 0 Å². The Balaban J connectivity index is 1.99. The van der Waals surface area contributed by atoms with Crippen LogP contribution >= 0.6 is 0 Å². The summed E-state index contributed by atoms with van der Waals surface area (Å²) < 4.78 is 1.82. The van der Waals surface area contributed by atoms with Gasteiger partial charge in [-0.2, -0.15) is 5.10 Å². The first-order chi connectivity index (χ1) is 9.17. The molecule has 2 aromatic rings. The summed E-state index contributed by atoms with van der Waals surface area (Å²) in [6.45, 7) is 1.18. The van der Waals surface area contributed by atoms with Crippen LogP contribution in [0.1, 0.15) is 5.56 Å². The number of nitrogens with zero attached hydrogens (tertiary/aromatic N) is 3. The van der Waals surface area contributed by atoms with Crippen molar-refractivity contribution < 1.29 is 5.11 Å². The molecule has 0 bridgehead atoms. The second kappa shape index (κ2) is 4.70. The molecule has 0 amide bonds. The molecule has 0 aliphatic carbocycles. The first kappa shape index (κ1) is 12.2. The molecule has 1 N–H and O–H groups in total. The zero-order chi connectivity index (χ0) is 13.4. The number of fused-ring (bicyclic) bond motifs is 1. The lowest BCUT2D eigenvalue weighted by molar-refractivity contribution is 0.225. The summed E-state index contributed by atoms with van der Waals surface area (Å²) in [4.78, 5) is 2.23. The van der Waals surface area contributed by atoms with Gasteiger partial charge in [0.2, 0.25) is 0 Å². The average Bonchev–Trinajstić information content (AvgIpc) is 2.84. The predicted molar refractivity (Wildman–Crippen MR) is 76.2 cm³/mol. The number of anilines is 1. The van der Waals surface area contributed by atoms with E-state index in [4.69, 9.17) is 0 Å². The molecular formula is C15H19N3O. The summed E-state index contributed by atoms with van der Waals surface area (Å²) in [5.74, 6) is 0.335. The maximum absolute atomic E-state index is 9.38. The van der Waals surface area contributed by atoms with Crippen LogP contribution in [0.4, 0.5) is 5.69 Å². The van der Waals surface area contributed by atoms with Crippen LogP contribution in [0.25, 0.3) is 11.1 Å². The Morgan fingerprint density at radius 1 is 1.32 bits per heavy atom. The van der Waals surface area contributed by atoms with Crippen LogP contribution in [0.15, 0.2) is 30.6 Å². The van der Waals surface area contributed by atoms with E-state index in [0.29, 0.717) is 5.92 Å². The third-order valence-corrected chi connectivity index (χ3v) is 3.83. The van der Waals surface area contributed by atoms with Crippen molar-refractivity contribution in [1.82, 2.24) is 9.78 Å². The first-order valence-corrected chi connectivity index (χ1v) is 6.61. The summed E-state index contributed by atoms with van der Waals surface area (Å²) in [6, 6.07) is 6.54. The maximum atomic E-state index is 9.38. The van der Waals surface area contributed by atoms with Crippen LogP contribution in [-0.2, 0) is 13.5 Å². The fourth-order valence-electron chi connectivity index (χ4n) is 2.85. The van der Waals surface area contributed by atoms with Crippen molar-refractivity contribution in [1.29, 1.82) is 0 Å².